The van der Waals surface area contributed by atoms with Gasteiger partial charge in [0.2, 0.25) is 0 Å². The number of hydrogen-bond donors (Lipinski definition) is 1. The fraction of sp³-hybridized carbons (Fsp3) is 0. The molecule has 0 aromatic heterocycles. The maximum Gasteiger partial charge on any atom is 0.121 e. The van der Waals surface area contributed by atoms with Gasteiger partial charge in [-0.25, -0.2) is 0 Å². The maximum absolute atomic E-state index is 4.97. The molecule has 0 saturated heterocycles. The number of halogens is 2. The molecule has 50 valence electrons. The third-order valence-corrected chi connectivity index (χ3v) is 1.92. The molecule has 2 N–H and O–H groups in total. The Morgan fingerprint density at radius 2 is 2.11 bits per heavy atom. The lowest BCUT2D eigenvalue weighted by Crippen LogP contribution is -1.86. The summed E-state index contributed by atoms with van der Waals surface area (Å²) < 4.78 is 1.81. The standard InChI is InChI=1S/C5H6I2N2/c1-2-4(6)3-5(7)9-8/h2-3H,1,8H2/b4-3+,9-5+. The van der Waals surface area contributed by atoms with Crippen molar-refractivity contribution in [3.63, 3.8) is 0 Å². The molecule has 0 radical (unpaired) electrons. The van der Waals surface area contributed by atoms with Crippen LogP contribution in [0.3, 0.4) is 0 Å². The molecule has 2 nitrogen and oxygen atoms in total. The molecule has 0 unspecified atom stereocenters. The Hall–Kier alpha value is 0.410. The summed E-state index contributed by atoms with van der Waals surface area (Å²) in [4.78, 5) is 0. The van der Waals surface area contributed by atoms with E-state index in [0.717, 1.165) is 7.30 Å². The molecule has 0 aliphatic rings. The van der Waals surface area contributed by atoms with Gasteiger partial charge in [-0.3, -0.25) is 0 Å². The first-order valence-electron chi connectivity index (χ1n) is 2.13. The van der Waals surface area contributed by atoms with Crippen molar-refractivity contribution in [3.05, 3.63) is 22.3 Å². The van der Waals surface area contributed by atoms with Crippen molar-refractivity contribution in [1.82, 2.24) is 0 Å². The van der Waals surface area contributed by atoms with E-state index in [1.807, 2.05) is 28.7 Å². The van der Waals surface area contributed by atoms with E-state index in [0.29, 0.717) is 0 Å². The van der Waals surface area contributed by atoms with Crippen LogP contribution in [0, 0.1) is 0 Å². The van der Waals surface area contributed by atoms with E-state index >= 15 is 0 Å². The Kier molecular flexibility index (Phi) is 5.45. The lowest BCUT2D eigenvalue weighted by molar-refractivity contribution is 1.27. The summed E-state index contributed by atoms with van der Waals surface area (Å²) in [7, 11) is 0. The van der Waals surface area contributed by atoms with Crippen LogP contribution in [0.4, 0.5) is 0 Å². The number of rotatable bonds is 2. The zero-order valence-electron chi connectivity index (χ0n) is 4.64. The minimum absolute atomic E-state index is 0.775. The minimum atomic E-state index is 0.775. The highest BCUT2D eigenvalue weighted by Gasteiger charge is 1.85. The van der Waals surface area contributed by atoms with Gasteiger partial charge in [0.15, 0.2) is 0 Å². The van der Waals surface area contributed by atoms with Gasteiger partial charge < -0.3 is 5.84 Å². The molecular weight excluding hydrogens is 342 g/mol. The Bertz CT molecular complexity index is 160. The van der Waals surface area contributed by atoms with Crippen LogP contribution in [0.25, 0.3) is 0 Å². The molecule has 0 amide bonds. The van der Waals surface area contributed by atoms with Crippen LogP contribution in [0.2, 0.25) is 0 Å². The lowest BCUT2D eigenvalue weighted by Gasteiger charge is -1.85. The molecule has 0 aromatic carbocycles. The van der Waals surface area contributed by atoms with Crippen molar-refractivity contribution < 1.29 is 0 Å². The first-order valence-corrected chi connectivity index (χ1v) is 4.29. The zero-order valence-corrected chi connectivity index (χ0v) is 8.96. The van der Waals surface area contributed by atoms with Crippen LogP contribution >= 0.6 is 45.2 Å². The minimum Gasteiger partial charge on any atom is -0.322 e. The van der Waals surface area contributed by atoms with E-state index in [1.54, 1.807) is 6.08 Å². The third kappa shape index (κ3) is 4.89. The zero-order chi connectivity index (χ0) is 7.28. The number of hydrazone groups is 1. The molecule has 0 rings (SSSR count). The SMILES string of the molecule is C=C/C(I)=C\C(I)=N/N. The summed E-state index contributed by atoms with van der Waals surface area (Å²) in [6, 6.07) is 0. The fourth-order valence-corrected chi connectivity index (χ4v) is 1.44. The van der Waals surface area contributed by atoms with E-state index in [1.165, 1.54) is 0 Å². The monoisotopic (exact) mass is 348 g/mol. The van der Waals surface area contributed by atoms with Gasteiger partial charge in [-0.15, -0.1) is 0 Å². The van der Waals surface area contributed by atoms with Crippen LogP contribution < -0.4 is 5.84 Å². The average molecular weight is 348 g/mol. The van der Waals surface area contributed by atoms with Crippen molar-refractivity contribution in [2.75, 3.05) is 0 Å². The van der Waals surface area contributed by atoms with Crippen molar-refractivity contribution in [2.45, 2.75) is 0 Å². The normalized spacial score (nSPS) is 13.6. The molecule has 0 aromatic rings. The van der Waals surface area contributed by atoms with Gasteiger partial charge in [-0.05, 0) is 51.3 Å². The van der Waals surface area contributed by atoms with Crippen molar-refractivity contribution in [1.29, 1.82) is 0 Å². The summed E-state index contributed by atoms with van der Waals surface area (Å²) in [5.74, 6) is 4.97. The predicted molar refractivity (Wildman–Crippen MR) is 57.9 cm³/mol. The van der Waals surface area contributed by atoms with Crippen LogP contribution in [0.15, 0.2) is 27.4 Å². The largest absolute Gasteiger partial charge is 0.322 e. The fourth-order valence-electron chi connectivity index (χ4n) is 0.210. The van der Waals surface area contributed by atoms with E-state index < -0.39 is 0 Å². The van der Waals surface area contributed by atoms with Gasteiger partial charge >= 0.3 is 0 Å². The van der Waals surface area contributed by atoms with Crippen LogP contribution in [-0.4, -0.2) is 3.72 Å². The summed E-state index contributed by atoms with van der Waals surface area (Å²) >= 11 is 4.19. The second-order valence-corrected chi connectivity index (χ2v) is 3.54. The smallest absolute Gasteiger partial charge is 0.121 e. The molecule has 0 bridgehead atoms. The number of hydrogen-bond acceptors (Lipinski definition) is 2. The van der Waals surface area contributed by atoms with Crippen LogP contribution in [0.1, 0.15) is 0 Å². The quantitative estimate of drug-likeness (QED) is 0.269. The lowest BCUT2D eigenvalue weighted by atomic mass is 10.5. The number of allylic oxidation sites excluding steroid dienone is 3. The highest BCUT2D eigenvalue weighted by molar-refractivity contribution is 14.1. The van der Waals surface area contributed by atoms with Crippen LogP contribution in [-0.2, 0) is 0 Å². The Labute approximate surface area is 81.5 Å². The molecule has 0 spiro atoms. The molecule has 0 aliphatic heterocycles. The summed E-state index contributed by atoms with van der Waals surface area (Å²) in [5.41, 5.74) is 0. The predicted octanol–water partition coefficient (Wildman–Crippen LogP) is 2.20. The van der Waals surface area contributed by atoms with Crippen molar-refractivity contribution in [2.24, 2.45) is 10.9 Å². The molecular formula is C5H6I2N2. The van der Waals surface area contributed by atoms with Crippen LogP contribution in [0.5, 0.6) is 0 Å². The Morgan fingerprint density at radius 3 is 2.44 bits per heavy atom. The van der Waals surface area contributed by atoms with E-state index in [-0.39, 0.29) is 0 Å². The summed E-state index contributed by atoms with van der Waals surface area (Å²) in [6.45, 7) is 3.57. The van der Waals surface area contributed by atoms with Gasteiger partial charge in [-0.1, -0.05) is 12.7 Å². The summed E-state index contributed by atoms with van der Waals surface area (Å²) in [6.07, 6.45) is 3.58. The molecule has 9 heavy (non-hydrogen) atoms. The average Bonchev–Trinajstić information content (AvgIpc) is 1.87. The van der Waals surface area contributed by atoms with Crippen molar-refractivity contribution >= 4 is 48.9 Å². The molecule has 0 atom stereocenters. The van der Waals surface area contributed by atoms with Gasteiger partial charge in [-0.2, -0.15) is 5.10 Å². The second-order valence-electron chi connectivity index (χ2n) is 1.19. The second kappa shape index (κ2) is 5.21. The molecule has 0 fully saturated rings. The Balaban J connectivity index is 4.11. The Morgan fingerprint density at radius 1 is 1.56 bits per heavy atom. The number of nitrogens with zero attached hydrogens (tertiary/aromatic N) is 1. The highest BCUT2D eigenvalue weighted by atomic mass is 127. The van der Waals surface area contributed by atoms with E-state index in [2.05, 4.69) is 34.3 Å². The molecule has 0 saturated carbocycles. The highest BCUT2D eigenvalue weighted by Crippen LogP contribution is 2.07. The first-order chi connectivity index (χ1) is 4.20. The maximum atomic E-state index is 4.97. The van der Waals surface area contributed by atoms with Gasteiger partial charge in [0, 0.05) is 3.58 Å². The van der Waals surface area contributed by atoms with Gasteiger partial charge in [0.05, 0.1) is 0 Å². The third-order valence-electron chi connectivity index (χ3n) is 0.575. The van der Waals surface area contributed by atoms with Gasteiger partial charge in [0.1, 0.15) is 3.72 Å². The molecule has 0 aliphatic carbocycles. The molecule has 4 heteroatoms. The first kappa shape index (κ1) is 9.41. The van der Waals surface area contributed by atoms with Gasteiger partial charge in [0.25, 0.3) is 0 Å². The molecule has 0 heterocycles. The summed E-state index contributed by atoms with van der Waals surface area (Å²) in [5, 5.41) is 3.45. The van der Waals surface area contributed by atoms with E-state index in [9.17, 15) is 0 Å². The van der Waals surface area contributed by atoms with Crippen molar-refractivity contribution in [3.8, 4) is 0 Å². The van der Waals surface area contributed by atoms with E-state index in [4.69, 9.17) is 5.84 Å². The topological polar surface area (TPSA) is 38.4 Å². The number of nitrogens with two attached hydrogens (primary N) is 1.